The normalized spacial score (nSPS) is 24.0. The number of ether oxygens (including phenoxy) is 1. The molecule has 29 heavy (non-hydrogen) atoms. The second-order valence-corrected chi connectivity index (χ2v) is 8.59. The molecule has 1 amide bonds. The number of piperidine rings is 1. The molecule has 1 aliphatic carbocycles. The first-order valence-electron chi connectivity index (χ1n) is 10.2. The molecule has 2 aliphatic rings. The number of aliphatic carboxylic acids is 1. The maximum absolute atomic E-state index is 13.3. The number of halogens is 1. The van der Waals surface area contributed by atoms with E-state index in [9.17, 15) is 20.0 Å². The Morgan fingerprint density at radius 1 is 1.38 bits per heavy atom. The fourth-order valence-corrected chi connectivity index (χ4v) is 4.18. The van der Waals surface area contributed by atoms with Crippen LogP contribution in [0.3, 0.4) is 0 Å². The summed E-state index contributed by atoms with van der Waals surface area (Å²) in [4.78, 5) is 26.3. The molecule has 1 aromatic carbocycles. The molecule has 1 N–H and O–H groups in total. The molecule has 1 aliphatic heterocycles. The van der Waals surface area contributed by atoms with Crippen molar-refractivity contribution in [2.75, 3.05) is 13.2 Å². The topological polar surface area (TPSA) is 90.6 Å². The van der Waals surface area contributed by atoms with Crippen LogP contribution >= 0.6 is 11.6 Å². The minimum absolute atomic E-state index is 0.129. The molecule has 156 valence electrons. The van der Waals surface area contributed by atoms with Gasteiger partial charge in [0.15, 0.2) is 0 Å². The second kappa shape index (κ2) is 9.15. The lowest BCUT2D eigenvalue weighted by Gasteiger charge is -2.44. The molecule has 7 heteroatoms. The van der Waals surface area contributed by atoms with Gasteiger partial charge in [0.05, 0.1) is 43.2 Å². The number of carboxylic acid groups (broad SMARTS) is 1. The van der Waals surface area contributed by atoms with Crippen LogP contribution in [-0.2, 0) is 14.3 Å². The van der Waals surface area contributed by atoms with E-state index in [4.69, 9.17) is 16.3 Å². The number of carbonyl (C=O) groups is 2. The quantitative estimate of drug-likeness (QED) is 0.649. The fraction of sp³-hybridized carbons (Fsp3) is 0.591. The van der Waals surface area contributed by atoms with Crippen LogP contribution in [0.4, 0.5) is 0 Å². The Kier molecular flexibility index (Phi) is 6.81. The van der Waals surface area contributed by atoms with Crippen LogP contribution in [-0.4, -0.2) is 41.1 Å². The molecule has 1 heterocycles. The zero-order valence-corrected chi connectivity index (χ0v) is 17.4. The summed E-state index contributed by atoms with van der Waals surface area (Å²) in [5.41, 5.74) is 0.636. The van der Waals surface area contributed by atoms with Crippen LogP contribution in [0.5, 0.6) is 0 Å². The van der Waals surface area contributed by atoms with Gasteiger partial charge in [-0.2, -0.15) is 5.26 Å². The Bertz CT molecular complexity index is 785. The third-order valence-electron chi connectivity index (χ3n) is 6.05. The number of nitriles is 1. The fourth-order valence-electron chi connectivity index (χ4n) is 4.06. The van der Waals surface area contributed by atoms with Crippen LogP contribution in [0.2, 0.25) is 5.02 Å². The van der Waals surface area contributed by atoms with Crippen LogP contribution in [0.25, 0.3) is 0 Å². The minimum atomic E-state index is -0.956. The van der Waals surface area contributed by atoms with Gasteiger partial charge in [0.1, 0.15) is 0 Å². The predicted molar refractivity (Wildman–Crippen MR) is 108 cm³/mol. The van der Waals surface area contributed by atoms with Gasteiger partial charge in [-0.3, -0.25) is 9.59 Å². The summed E-state index contributed by atoms with van der Waals surface area (Å²) < 4.78 is 5.87. The van der Waals surface area contributed by atoms with E-state index in [1.54, 1.807) is 0 Å². The molecule has 1 unspecified atom stereocenters. The SMILES string of the molecule is CC[C@@H](COCC1(C#N)CC1)N1C(=O)[C@@H](CC(=O)O)CCC1c1ccc(Cl)cc1. The zero-order chi connectivity index (χ0) is 21.0. The molecule has 1 aromatic rings. The maximum atomic E-state index is 13.3. The molecule has 3 atom stereocenters. The lowest BCUT2D eigenvalue weighted by atomic mass is 9.85. The van der Waals surface area contributed by atoms with E-state index < -0.39 is 11.9 Å². The number of amides is 1. The largest absolute Gasteiger partial charge is 0.481 e. The highest BCUT2D eigenvalue weighted by Crippen LogP contribution is 2.45. The van der Waals surface area contributed by atoms with Gasteiger partial charge in [0, 0.05) is 10.9 Å². The number of hydrogen-bond donors (Lipinski definition) is 1. The number of carbonyl (C=O) groups excluding carboxylic acids is 1. The zero-order valence-electron chi connectivity index (χ0n) is 16.6. The average Bonchev–Trinajstić information content (AvgIpc) is 3.48. The molecule has 0 spiro atoms. The minimum Gasteiger partial charge on any atom is -0.481 e. The Morgan fingerprint density at radius 2 is 2.07 bits per heavy atom. The monoisotopic (exact) mass is 418 g/mol. The number of rotatable bonds is 9. The van der Waals surface area contributed by atoms with Crippen LogP contribution in [0.1, 0.15) is 57.1 Å². The van der Waals surface area contributed by atoms with Gasteiger partial charge in [0.2, 0.25) is 5.91 Å². The van der Waals surface area contributed by atoms with Gasteiger partial charge in [-0.15, -0.1) is 0 Å². The predicted octanol–water partition coefficient (Wildman–Crippen LogP) is 4.19. The Hall–Kier alpha value is -2.10. The first-order valence-corrected chi connectivity index (χ1v) is 10.6. The first-order chi connectivity index (χ1) is 13.9. The highest BCUT2D eigenvalue weighted by molar-refractivity contribution is 6.30. The molecule has 0 radical (unpaired) electrons. The second-order valence-electron chi connectivity index (χ2n) is 8.15. The summed E-state index contributed by atoms with van der Waals surface area (Å²) in [6.45, 7) is 2.72. The van der Waals surface area contributed by atoms with Gasteiger partial charge in [-0.25, -0.2) is 0 Å². The summed E-state index contributed by atoms with van der Waals surface area (Å²) in [5, 5.41) is 19.1. The van der Waals surface area contributed by atoms with E-state index in [-0.39, 0.29) is 29.8 Å². The molecule has 3 rings (SSSR count). The number of likely N-dealkylation sites (tertiary alicyclic amines) is 1. The molecule has 1 saturated heterocycles. The van der Waals surface area contributed by atoms with Crippen molar-refractivity contribution in [2.45, 2.75) is 57.5 Å². The number of nitrogens with zero attached hydrogens (tertiary/aromatic N) is 2. The van der Waals surface area contributed by atoms with E-state index in [2.05, 4.69) is 6.07 Å². The molecule has 0 aromatic heterocycles. The summed E-state index contributed by atoms with van der Waals surface area (Å²) in [5.74, 6) is -1.60. The molecule has 2 fully saturated rings. The van der Waals surface area contributed by atoms with E-state index in [1.165, 1.54) is 0 Å². The van der Waals surface area contributed by atoms with Crippen LogP contribution in [0.15, 0.2) is 24.3 Å². The molecule has 1 saturated carbocycles. The smallest absolute Gasteiger partial charge is 0.304 e. The van der Waals surface area contributed by atoms with Crippen molar-refractivity contribution in [3.05, 3.63) is 34.9 Å². The van der Waals surface area contributed by atoms with Gasteiger partial charge in [-0.05, 0) is 49.8 Å². The lowest BCUT2D eigenvalue weighted by molar-refractivity contribution is -0.152. The van der Waals surface area contributed by atoms with Gasteiger partial charge in [-0.1, -0.05) is 30.7 Å². The van der Waals surface area contributed by atoms with Gasteiger partial charge >= 0.3 is 5.97 Å². The Morgan fingerprint density at radius 3 is 2.62 bits per heavy atom. The highest BCUT2D eigenvalue weighted by Gasteiger charge is 2.44. The standard InChI is InChI=1S/C22H27ClN2O4/c1-2-18(12-29-14-22(13-24)9-10-22)25-19(15-3-6-17(23)7-4-15)8-5-16(21(25)28)11-20(26)27/h3-4,6-7,16,18-19H,2,5,8-12,14H2,1H3,(H,26,27)/t16-,18+,19?/m1/s1. The van der Waals surface area contributed by atoms with Crippen molar-refractivity contribution in [1.29, 1.82) is 5.26 Å². The Balaban J connectivity index is 1.79. The van der Waals surface area contributed by atoms with Crippen LogP contribution in [0, 0.1) is 22.7 Å². The average molecular weight is 419 g/mol. The van der Waals surface area contributed by atoms with E-state index in [0.29, 0.717) is 37.5 Å². The molecule has 0 bridgehead atoms. The van der Waals surface area contributed by atoms with Crippen molar-refractivity contribution in [1.82, 2.24) is 4.90 Å². The lowest BCUT2D eigenvalue weighted by Crippen LogP contribution is -2.51. The summed E-state index contributed by atoms with van der Waals surface area (Å²) in [7, 11) is 0. The summed E-state index contributed by atoms with van der Waals surface area (Å²) in [6.07, 6.45) is 3.49. The number of hydrogen-bond acceptors (Lipinski definition) is 4. The van der Waals surface area contributed by atoms with Crippen LogP contribution < -0.4 is 0 Å². The maximum Gasteiger partial charge on any atom is 0.304 e. The molecular formula is C22H27ClN2O4. The van der Waals surface area contributed by atoms with E-state index in [0.717, 1.165) is 18.4 Å². The Labute approximate surface area is 176 Å². The van der Waals surface area contributed by atoms with Crippen molar-refractivity contribution in [3.8, 4) is 6.07 Å². The summed E-state index contributed by atoms with van der Waals surface area (Å²) >= 11 is 6.02. The van der Waals surface area contributed by atoms with Gasteiger partial charge in [0.25, 0.3) is 0 Å². The third kappa shape index (κ3) is 5.09. The molecular weight excluding hydrogens is 392 g/mol. The first kappa shape index (κ1) is 21.6. The van der Waals surface area contributed by atoms with Crippen molar-refractivity contribution in [2.24, 2.45) is 11.3 Å². The number of carboxylic acids is 1. The highest BCUT2D eigenvalue weighted by atomic mass is 35.5. The van der Waals surface area contributed by atoms with Crippen molar-refractivity contribution in [3.63, 3.8) is 0 Å². The number of benzene rings is 1. The molecule has 6 nitrogen and oxygen atoms in total. The van der Waals surface area contributed by atoms with Crippen molar-refractivity contribution >= 4 is 23.5 Å². The third-order valence-corrected chi connectivity index (χ3v) is 6.30. The van der Waals surface area contributed by atoms with E-state index >= 15 is 0 Å². The van der Waals surface area contributed by atoms with Gasteiger partial charge < -0.3 is 14.7 Å². The summed E-state index contributed by atoms with van der Waals surface area (Å²) in [6, 6.07) is 9.48. The van der Waals surface area contributed by atoms with Crippen molar-refractivity contribution < 1.29 is 19.4 Å². The van der Waals surface area contributed by atoms with E-state index in [1.807, 2.05) is 36.1 Å².